The van der Waals surface area contributed by atoms with Crippen molar-refractivity contribution in [2.75, 3.05) is 0 Å². The number of aldehydes is 1. The largest absolute Gasteiger partial charge is 0.303 e. The molecule has 0 amide bonds. The molecule has 58 valence electrons. The predicted octanol–water partition coefficient (Wildman–Crippen LogP) is 0.151. The monoisotopic (exact) mass is 158 g/mol. The first-order valence-electron chi connectivity index (χ1n) is 3.26. The smallest absolute Gasteiger partial charge is 0.187 e. The van der Waals surface area contributed by atoms with Crippen LogP contribution >= 0.6 is 0 Å². The summed E-state index contributed by atoms with van der Waals surface area (Å²) in [6, 6.07) is 0. The SMILES string of the molecule is CCC(=O)CCCC=O.[AlH3]. The number of hydrogen-bond acceptors (Lipinski definition) is 2. The van der Waals surface area contributed by atoms with Gasteiger partial charge in [0.15, 0.2) is 17.4 Å². The molecular formula is C7H15AlO2. The van der Waals surface area contributed by atoms with E-state index in [1.54, 1.807) is 0 Å². The van der Waals surface area contributed by atoms with Crippen LogP contribution in [0.1, 0.15) is 32.6 Å². The van der Waals surface area contributed by atoms with Crippen LogP contribution in [0, 0.1) is 0 Å². The summed E-state index contributed by atoms with van der Waals surface area (Å²) in [5.74, 6) is 0.247. The van der Waals surface area contributed by atoms with E-state index in [2.05, 4.69) is 0 Å². The van der Waals surface area contributed by atoms with E-state index in [9.17, 15) is 9.59 Å². The molecule has 0 aromatic carbocycles. The van der Waals surface area contributed by atoms with Gasteiger partial charge in [-0.2, -0.15) is 0 Å². The van der Waals surface area contributed by atoms with E-state index < -0.39 is 0 Å². The van der Waals surface area contributed by atoms with E-state index in [1.165, 1.54) is 0 Å². The predicted molar refractivity (Wildman–Crippen MR) is 45.2 cm³/mol. The van der Waals surface area contributed by atoms with E-state index in [0.717, 1.165) is 12.7 Å². The number of unbranched alkanes of at least 4 members (excludes halogenated alkanes) is 1. The molecule has 0 unspecified atom stereocenters. The molecule has 0 N–H and O–H groups in total. The van der Waals surface area contributed by atoms with E-state index >= 15 is 0 Å². The Labute approximate surface area is 72.1 Å². The molecule has 0 spiro atoms. The molecule has 0 aromatic rings. The summed E-state index contributed by atoms with van der Waals surface area (Å²) in [5.41, 5.74) is 0. The fraction of sp³-hybridized carbons (Fsp3) is 0.714. The number of ketones is 1. The third-order valence-electron chi connectivity index (χ3n) is 1.17. The lowest BCUT2D eigenvalue weighted by atomic mass is 10.1. The Hall–Kier alpha value is -0.128. The molecule has 0 saturated heterocycles. The van der Waals surface area contributed by atoms with Gasteiger partial charge in [0, 0.05) is 19.3 Å². The Balaban J connectivity index is 0. The molecule has 0 aliphatic rings. The van der Waals surface area contributed by atoms with Crippen molar-refractivity contribution in [1.29, 1.82) is 0 Å². The molecule has 3 heteroatoms. The van der Waals surface area contributed by atoms with Crippen molar-refractivity contribution >= 4 is 29.4 Å². The van der Waals surface area contributed by atoms with Gasteiger partial charge in [-0.1, -0.05) is 6.92 Å². The molecule has 0 radical (unpaired) electrons. The standard InChI is InChI=1S/C7H12O2.Al.3H/c1-2-7(9)5-3-4-6-8;;;;/h6H,2-5H2,1H3;;;;. The average Bonchev–Trinajstić information content (AvgIpc) is 1.89. The van der Waals surface area contributed by atoms with Crippen LogP contribution < -0.4 is 0 Å². The van der Waals surface area contributed by atoms with Crippen molar-refractivity contribution in [2.24, 2.45) is 0 Å². The third-order valence-corrected chi connectivity index (χ3v) is 1.17. The minimum Gasteiger partial charge on any atom is -0.303 e. The van der Waals surface area contributed by atoms with Gasteiger partial charge in [-0.05, 0) is 6.42 Å². The van der Waals surface area contributed by atoms with Gasteiger partial charge in [0.1, 0.15) is 12.1 Å². The lowest BCUT2D eigenvalue weighted by Gasteiger charge is -1.90. The van der Waals surface area contributed by atoms with E-state index in [1.807, 2.05) is 6.92 Å². The highest BCUT2D eigenvalue weighted by atomic mass is 27.0. The van der Waals surface area contributed by atoms with Crippen LogP contribution in [0.3, 0.4) is 0 Å². The topological polar surface area (TPSA) is 34.1 Å². The summed E-state index contributed by atoms with van der Waals surface area (Å²) in [5, 5.41) is 0. The van der Waals surface area contributed by atoms with Crippen molar-refractivity contribution in [1.82, 2.24) is 0 Å². The van der Waals surface area contributed by atoms with Crippen LogP contribution in [-0.4, -0.2) is 29.4 Å². The number of carbonyl (C=O) groups is 2. The van der Waals surface area contributed by atoms with Crippen LogP contribution in [0.5, 0.6) is 0 Å². The maximum atomic E-state index is 10.6. The fourth-order valence-corrected chi connectivity index (χ4v) is 0.559. The molecule has 0 aromatic heterocycles. The Kier molecular flexibility index (Phi) is 11.1. The minimum absolute atomic E-state index is 0. The Morgan fingerprint density at radius 2 is 2.10 bits per heavy atom. The van der Waals surface area contributed by atoms with Crippen LogP contribution in [0.2, 0.25) is 0 Å². The summed E-state index contributed by atoms with van der Waals surface area (Å²) in [4.78, 5) is 20.3. The maximum Gasteiger partial charge on any atom is 0.187 e. The van der Waals surface area contributed by atoms with Gasteiger partial charge >= 0.3 is 0 Å². The molecule has 10 heavy (non-hydrogen) atoms. The lowest BCUT2D eigenvalue weighted by Crippen LogP contribution is -1.93. The summed E-state index contributed by atoms with van der Waals surface area (Å²) in [6.07, 6.45) is 3.25. The van der Waals surface area contributed by atoms with Crippen molar-refractivity contribution in [3.8, 4) is 0 Å². The lowest BCUT2D eigenvalue weighted by molar-refractivity contribution is -0.118. The Morgan fingerprint density at radius 3 is 2.50 bits per heavy atom. The number of Topliss-reactive ketones (excluding diaryl/α,β-unsaturated/α-hetero) is 1. The first kappa shape index (κ1) is 12.5. The highest BCUT2D eigenvalue weighted by Crippen LogP contribution is 1.95. The number of carbonyl (C=O) groups excluding carboxylic acids is 2. The van der Waals surface area contributed by atoms with Gasteiger partial charge < -0.3 is 4.79 Å². The van der Waals surface area contributed by atoms with Gasteiger partial charge in [0.05, 0.1) is 0 Å². The molecule has 0 saturated carbocycles. The molecule has 0 fully saturated rings. The zero-order valence-corrected chi connectivity index (χ0v) is 5.72. The van der Waals surface area contributed by atoms with Gasteiger partial charge in [-0.15, -0.1) is 0 Å². The van der Waals surface area contributed by atoms with Gasteiger partial charge in [-0.25, -0.2) is 0 Å². The zero-order valence-electron chi connectivity index (χ0n) is 5.72. The quantitative estimate of drug-likeness (QED) is 0.324. The van der Waals surface area contributed by atoms with Crippen LogP contribution in [0.4, 0.5) is 0 Å². The Morgan fingerprint density at radius 1 is 1.50 bits per heavy atom. The summed E-state index contributed by atoms with van der Waals surface area (Å²) < 4.78 is 0. The van der Waals surface area contributed by atoms with Crippen molar-refractivity contribution < 1.29 is 9.59 Å². The molecular weight excluding hydrogens is 143 g/mol. The molecule has 0 atom stereocenters. The van der Waals surface area contributed by atoms with Crippen LogP contribution in [0.25, 0.3) is 0 Å². The first-order chi connectivity index (χ1) is 4.31. The Bertz CT molecular complexity index is 102. The summed E-state index contributed by atoms with van der Waals surface area (Å²) >= 11 is 0. The second-order valence-electron chi connectivity index (χ2n) is 1.95. The highest BCUT2D eigenvalue weighted by Gasteiger charge is 1.95. The molecule has 0 bridgehead atoms. The zero-order chi connectivity index (χ0) is 7.11. The van der Waals surface area contributed by atoms with Crippen molar-refractivity contribution in [3.63, 3.8) is 0 Å². The molecule has 0 aliphatic heterocycles. The molecule has 2 nitrogen and oxygen atoms in total. The van der Waals surface area contributed by atoms with E-state index in [-0.39, 0.29) is 23.1 Å². The van der Waals surface area contributed by atoms with Crippen LogP contribution in [0.15, 0.2) is 0 Å². The van der Waals surface area contributed by atoms with Gasteiger partial charge in [-0.3, -0.25) is 4.79 Å². The van der Waals surface area contributed by atoms with Gasteiger partial charge in [0.25, 0.3) is 0 Å². The fourth-order valence-electron chi connectivity index (χ4n) is 0.559. The number of rotatable bonds is 5. The van der Waals surface area contributed by atoms with E-state index in [0.29, 0.717) is 19.3 Å². The number of hydrogen-bond donors (Lipinski definition) is 0. The second kappa shape index (κ2) is 8.87. The molecule has 0 aliphatic carbocycles. The summed E-state index contributed by atoms with van der Waals surface area (Å²) in [6.45, 7) is 1.84. The van der Waals surface area contributed by atoms with Crippen molar-refractivity contribution in [2.45, 2.75) is 32.6 Å². The second-order valence-corrected chi connectivity index (χ2v) is 1.95. The normalized spacial score (nSPS) is 8.10. The van der Waals surface area contributed by atoms with Crippen LogP contribution in [-0.2, 0) is 9.59 Å². The van der Waals surface area contributed by atoms with E-state index in [4.69, 9.17) is 0 Å². The third kappa shape index (κ3) is 7.87. The molecule has 0 rings (SSSR count). The summed E-state index contributed by atoms with van der Waals surface area (Å²) in [7, 11) is 0. The van der Waals surface area contributed by atoms with Gasteiger partial charge in [0.2, 0.25) is 0 Å². The first-order valence-corrected chi connectivity index (χ1v) is 3.26. The average molecular weight is 158 g/mol. The molecule has 0 heterocycles. The maximum absolute atomic E-state index is 10.6. The highest BCUT2D eigenvalue weighted by molar-refractivity contribution is 5.78. The van der Waals surface area contributed by atoms with Crippen molar-refractivity contribution in [3.05, 3.63) is 0 Å². The minimum atomic E-state index is 0.